The van der Waals surface area contributed by atoms with Crippen molar-refractivity contribution < 1.29 is 8.42 Å². The summed E-state index contributed by atoms with van der Waals surface area (Å²) in [6, 6.07) is 52.2. The number of fused-ring (bicyclic) bond motifs is 4. The first-order valence-electron chi connectivity index (χ1n) is 17.6. The number of sulfone groups is 1. The molecule has 49 heavy (non-hydrogen) atoms. The van der Waals surface area contributed by atoms with Crippen LogP contribution in [-0.2, 0) is 9.84 Å². The van der Waals surface area contributed by atoms with Crippen molar-refractivity contribution in [2.24, 2.45) is 17.8 Å². The second kappa shape index (κ2) is 12.2. The van der Waals surface area contributed by atoms with E-state index in [0.717, 1.165) is 51.2 Å². The van der Waals surface area contributed by atoms with Gasteiger partial charge in [0.2, 0.25) is 9.84 Å². The van der Waals surface area contributed by atoms with Crippen molar-refractivity contribution in [3.8, 4) is 22.3 Å². The van der Waals surface area contributed by atoms with Crippen LogP contribution in [0.3, 0.4) is 0 Å². The zero-order chi connectivity index (χ0) is 33.0. The minimum absolute atomic E-state index is 0.0563. The Hall–Kier alpha value is -4.93. The largest absolute Gasteiger partial charge is 0.310 e. The molecule has 6 aromatic carbocycles. The average molecular weight is 658 g/mol. The third-order valence-electron chi connectivity index (χ3n) is 11.3. The molecule has 0 spiro atoms. The Bertz CT molecular complexity index is 2130. The third kappa shape index (κ3) is 5.39. The number of nitrogens with zero attached hydrogens (tertiary/aromatic N) is 1. The molecule has 2 aliphatic carbocycles. The minimum atomic E-state index is -3.65. The van der Waals surface area contributed by atoms with Gasteiger partial charge < -0.3 is 4.90 Å². The van der Waals surface area contributed by atoms with E-state index < -0.39 is 9.84 Å². The fourth-order valence-corrected chi connectivity index (χ4v) is 10.8. The lowest BCUT2D eigenvalue weighted by molar-refractivity contribution is 0.238. The summed E-state index contributed by atoms with van der Waals surface area (Å²) in [5, 5.41) is 0. The smallest absolute Gasteiger partial charge is 0.207 e. The van der Waals surface area contributed by atoms with Crippen LogP contribution < -0.4 is 4.90 Å². The molecule has 1 aliphatic heterocycles. The maximum absolute atomic E-state index is 14.2. The van der Waals surface area contributed by atoms with Crippen LogP contribution in [0.2, 0.25) is 0 Å². The Kier molecular flexibility index (Phi) is 7.50. The highest BCUT2D eigenvalue weighted by atomic mass is 32.2. The molecule has 9 rings (SSSR count). The van der Waals surface area contributed by atoms with Gasteiger partial charge in [-0.25, -0.2) is 8.42 Å². The highest BCUT2D eigenvalue weighted by Gasteiger charge is 2.44. The molecule has 4 atom stereocenters. The summed E-state index contributed by atoms with van der Waals surface area (Å²) < 4.78 is 28.4. The standard InChI is InChI=1S/C45H39NO2S/c47-49(48)43-14-8-7-13-41(43)45(37-28-31-15-16-32(27-31)29-37)42-30-40(25-26-44(42)49)46(38-21-17-35(18-22-38)33-9-3-1-4-10-33)39-23-19-36(20-24-39)34-11-5-2-6-12-34/h1-14,17-26,30-32,37,45H,15-16,27-29H2/t31-,32+,37?,45?. The lowest BCUT2D eigenvalue weighted by atomic mass is 9.70. The highest BCUT2D eigenvalue weighted by Crippen LogP contribution is 2.55. The van der Waals surface area contributed by atoms with Gasteiger partial charge in [-0.1, -0.05) is 116 Å². The quantitative estimate of drug-likeness (QED) is 0.179. The normalized spacial score (nSPS) is 21.8. The SMILES string of the molecule is O=S1(=O)c2ccccc2C(C2C[C@H]3CC[C@@H](C2)C3)c2cc(N(c3ccc(-c4ccccc4)cc3)c3ccc(-c4ccccc4)cc3)ccc21. The van der Waals surface area contributed by atoms with Crippen molar-refractivity contribution in [2.45, 2.75) is 47.8 Å². The van der Waals surface area contributed by atoms with E-state index in [1.807, 2.05) is 42.5 Å². The molecule has 242 valence electrons. The topological polar surface area (TPSA) is 37.4 Å². The zero-order valence-electron chi connectivity index (χ0n) is 27.5. The number of hydrogen-bond donors (Lipinski definition) is 0. The van der Waals surface area contributed by atoms with E-state index in [9.17, 15) is 8.42 Å². The van der Waals surface area contributed by atoms with Crippen LogP contribution in [0.5, 0.6) is 0 Å². The Labute approximate surface area is 289 Å². The van der Waals surface area contributed by atoms with E-state index in [-0.39, 0.29) is 5.92 Å². The van der Waals surface area contributed by atoms with Crippen LogP contribution in [0.15, 0.2) is 161 Å². The van der Waals surface area contributed by atoms with Gasteiger partial charge >= 0.3 is 0 Å². The van der Waals surface area contributed by atoms with Gasteiger partial charge in [0.25, 0.3) is 0 Å². The summed E-state index contributed by atoms with van der Waals surface area (Å²) >= 11 is 0. The number of anilines is 3. The van der Waals surface area contributed by atoms with Gasteiger partial charge in [0.05, 0.1) is 9.79 Å². The molecule has 0 amide bonds. The summed E-state index contributed by atoms with van der Waals surface area (Å²) in [5.41, 5.74) is 9.62. The summed E-state index contributed by atoms with van der Waals surface area (Å²) in [5.74, 6) is 1.99. The molecule has 3 nitrogen and oxygen atoms in total. The summed E-state index contributed by atoms with van der Waals surface area (Å²) in [6.07, 6.45) is 6.30. The van der Waals surface area contributed by atoms with Crippen LogP contribution >= 0.6 is 0 Å². The number of hydrogen-bond acceptors (Lipinski definition) is 3. The molecule has 6 aromatic rings. The molecular formula is C45H39NO2S. The van der Waals surface area contributed by atoms with Gasteiger partial charge in [-0.3, -0.25) is 0 Å². The lowest BCUT2D eigenvalue weighted by Crippen LogP contribution is -2.28. The fourth-order valence-electron chi connectivity index (χ4n) is 9.08. The van der Waals surface area contributed by atoms with Crippen LogP contribution in [0.4, 0.5) is 17.1 Å². The highest BCUT2D eigenvalue weighted by molar-refractivity contribution is 7.91. The Morgan fingerprint density at radius 1 is 0.449 bits per heavy atom. The summed E-state index contributed by atoms with van der Waals surface area (Å²) in [6.45, 7) is 0. The predicted molar refractivity (Wildman–Crippen MR) is 199 cm³/mol. The van der Waals surface area contributed by atoms with Crippen molar-refractivity contribution in [1.29, 1.82) is 0 Å². The maximum Gasteiger partial charge on any atom is 0.207 e. The molecule has 0 aromatic heterocycles. The fraction of sp³-hybridized carbons (Fsp3) is 0.200. The third-order valence-corrected chi connectivity index (χ3v) is 13.2. The summed E-state index contributed by atoms with van der Waals surface area (Å²) in [7, 11) is -3.65. The van der Waals surface area contributed by atoms with Gasteiger partial charge in [-0.15, -0.1) is 0 Å². The average Bonchev–Trinajstić information content (AvgIpc) is 3.50. The molecule has 0 N–H and O–H groups in total. The molecular weight excluding hydrogens is 619 g/mol. The van der Waals surface area contributed by atoms with Crippen LogP contribution in [0.1, 0.15) is 49.1 Å². The van der Waals surface area contributed by atoms with Crippen LogP contribution in [0, 0.1) is 17.8 Å². The first-order valence-corrected chi connectivity index (χ1v) is 19.1. The summed E-state index contributed by atoms with van der Waals surface area (Å²) in [4.78, 5) is 3.23. The van der Waals surface area contributed by atoms with Crippen molar-refractivity contribution in [1.82, 2.24) is 0 Å². The molecule has 0 saturated heterocycles. The predicted octanol–water partition coefficient (Wildman–Crippen LogP) is 11.6. The minimum Gasteiger partial charge on any atom is -0.310 e. The number of rotatable bonds is 6. The monoisotopic (exact) mass is 657 g/mol. The van der Waals surface area contributed by atoms with Crippen LogP contribution in [0.25, 0.3) is 22.3 Å². The van der Waals surface area contributed by atoms with Gasteiger partial charge in [-0.2, -0.15) is 0 Å². The van der Waals surface area contributed by atoms with Gasteiger partial charge in [0, 0.05) is 23.0 Å². The van der Waals surface area contributed by atoms with E-state index in [1.165, 1.54) is 43.2 Å². The number of benzene rings is 6. The zero-order valence-corrected chi connectivity index (χ0v) is 28.3. The molecule has 2 bridgehead atoms. The Morgan fingerprint density at radius 3 is 1.49 bits per heavy atom. The second-order valence-electron chi connectivity index (χ2n) is 14.2. The second-order valence-corrected chi connectivity index (χ2v) is 16.1. The molecule has 2 unspecified atom stereocenters. The lowest BCUT2D eigenvalue weighted by Gasteiger charge is -2.39. The Balaban J connectivity index is 1.19. The van der Waals surface area contributed by atoms with E-state index in [2.05, 4.69) is 114 Å². The van der Waals surface area contributed by atoms with Crippen molar-refractivity contribution in [3.63, 3.8) is 0 Å². The first kappa shape index (κ1) is 30.2. The molecule has 4 heteroatoms. The molecule has 2 fully saturated rings. The van der Waals surface area contributed by atoms with E-state index in [4.69, 9.17) is 0 Å². The van der Waals surface area contributed by atoms with Gasteiger partial charge in [-0.05, 0) is 119 Å². The van der Waals surface area contributed by atoms with Crippen molar-refractivity contribution >= 4 is 26.9 Å². The van der Waals surface area contributed by atoms with E-state index in [0.29, 0.717) is 15.7 Å². The van der Waals surface area contributed by atoms with E-state index >= 15 is 0 Å². The van der Waals surface area contributed by atoms with Crippen molar-refractivity contribution in [3.05, 3.63) is 163 Å². The van der Waals surface area contributed by atoms with Gasteiger partial charge in [0.1, 0.15) is 0 Å². The van der Waals surface area contributed by atoms with Crippen molar-refractivity contribution in [2.75, 3.05) is 4.90 Å². The first-order chi connectivity index (χ1) is 24.0. The van der Waals surface area contributed by atoms with Crippen LogP contribution in [-0.4, -0.2) is 8.42 Å². The molecule has 0 radical (unpaired) electrons. The molecule has 1 heterocycles. The molecule has 2 saturated carbocycles. The van der Waals surface area contributed by atoms with E-state index in [1.54, 1.807) is 0 Å². The molecule has 3 aliphatic rings. The Morgan fingerprint density at radius 2 is 0.918 bits per heavy atom. The van der Waals surface area contributed by atoms with Gasteiger partial charge in [0.15, 0.2) is 0 Å². The maximum atomic E-state index is 14.2.